The summed E-state index contributed by atoms with van der Waals surface area (Å²) in [6.07, 6.45) is 3.01. The van der Waals surface area contributed by atoms with Gasteiger partial charge in [-0.15, -0.1) is 4.68 Å². The predicted molar refractivity (Wildman–Crippen MR) is 91.3 cm³/mol. The largest absolute Gasteiger partial charge is 0.434 e. The highest BCUT2D eigenvalue weighted by molar-refractivity contribution is 7.90. The number of aromatic nitrogens is 3. The van der Waals surface area contributed by atoms with Crippen molar-refractivity contribution in [3.63, 3.8) is 0 Å². The first-order chi connectivity index (χ1) is 12.7. The van der Waals surface area contributed by atoms with Crippen LogP contribution in [0.4, 0.5) is 13.2 Å². The molecule has 5 nitrogen and oxygen atoms in total. The highest BCUT2D eigenvalue weighted by atomic mass is 32.2. The van der Waals surface area contributed by atoms with Crippen molar-refractivity contribution >= 4 is 9.84 Å². The number of H-pyrrole nitrogens is 1. The van der Waals surface area contributed by atoms with Gasteiger partial charge in [0, 0.05) is 23.8 Å². The summed E-state index contributed by atoms with van der Waals surface area (Å²) in [5.74, 6) is 0.747. The maximum absolute atomic E-state index is 13.6. The van der Waals surface area contributed by atoms with Crippen LogP contribution in [0.2, 0.25) is 0 Å². The standard InChI is InChI=1S/C18H20F3N3O2S/c1-27(25,26)12-7-9-15(22-10-12)24-16-13-5-3-2-4-11(13)6-8-14(16)17(23-24)18(19,20)21/h7,9-11,13H,2-6,8H2,1H3/p+1. The van der Waals surface area contributed by atoms with Crippen LogP contribution in [0.5, 0.6) is 0 Å². The molecule has 1 fully saturated rings. The number of halogens is 3. The number of alkyl halides is 3. The number of pyridine rings is 1. The molecule has 27 heavy (non-hydrogen) atoms. The van der Waals surface area contributed by atoms with Gasteiger partial charge in [0.15, 0.2) is 21.7 Å². The summed E-state index contributed by atoms with van der Waals surface area (Å²) >= 11 is 0. The molecule has 9 heteroatoms. The topological polar surface area (TPSA) is 66.7 Å². The van der Waals surface area contributed by atoms with Crippen molar-refractivity contribution in [3.8, 4) is 5.82 Å². The maximum atomic E-state index is 13.6. The van der Waals surface area contributed by atoms with E-state index in [-0.39, 0.29) is 16.6 Å². The van der Waals surface area contributed by atoms with E-state index in [2.05, 4.69) is 10.1 Å². The molecule has 2 aromatic rings. The summed E-state index contributed by atoms with van der Waals surface area (Å²) in [6.45, 7) is 0. The van der Waals surface area contributed by atoms with Gasteiger partial charge >= 0.3 is 12.0 Å². The minimum Gasteiger partial charge on any atom is -0.224 e. The van der Waals surface area contributed by atoms with Crippen LogP contribution in [-0.2, 0) is 22.4 Å². The van der Waals surface area contributed by atoms with Crippen molar-refractivity contribution in [2.75, 3.05) is 6.26 Å². The van der Waals surface area contributed by atoms with Crippen LogP contribution in [0.15, 0.2) is 23.2 Å². The molecule has 2 aromatic heterocycles. The summed E-state index contributed by atoms with van der Waals surface area (Å²) in [7, 11) is -3.42. The van der Waals surface area contributed by atoms with E-state index in [4.69, 9.17) is 0 Å². The van der Waals surface area contributed by atoms with Gasteiger partial charge in [0.05, 0.1) is 0 Å². The van der Waals surface area contributed by atoms with Gasteiger partial charge in [0.2, 0.25) is 0 Å². The van der Waals surface area contributed by atoms with Crippen molar-refractivity contribution in [3.05, 3.63) is 35.3 Å². The maximum Gasteiger partial charge on any atom is 0.434 e. The van der Waals surface area contributed by atoms with E-state index in [9.17, 15) is 21.6 Å². The van der Waals surface area contributed by atoms with Crippen molar-refractivity contribution in [2.45, 2.75) is 55.5 Å². The van der Waals surface area contributed by atoms with Crippen molar-refractivity contribution in [1.29, 1.82) is 0 Å². The highest BCUT2D eigenvalue weighted by Gasteiger charge is 2.46. The zero-order chi connectivity index (χ0) is 19.4. The second-order valence-corrected chi connectivity index (χ2v) is 9.51. The van der Waals surface area contributed by atoms with E-state index < -0.39 is 21.7 Å². The Morgan fingerprint density at radius 2 is 1.93 bits per heavy atom. The lowest BCUT2D eigenvalue weighted by Crippen LogP contribution is -2.42. The van der Waals surface area contributed by atoms with Gasteiger partial charge < -0.3 is 0 Å². The lowest BCUT2D eigenvalue weighted by Gasteiger charge is -2.34. The first-order valence-electron chi connectivity index (χ1n) is 9.06. The number of fused-ring (bicyclic) bond motifs is 3. The van der Waals surface area contributed by atoms with E-state index in [1.54, 1.807) is 0 Å². The van der Waals surface area contributed by atoms with Crippen molar-refractivity contribution in [1.82, 2.24) is 10.1 Å². The van der Waals surface area contributed by atoms with Crippen LogP contribution in [0, 0.1) is 5.92 Å². The zero-order valence-electron chi connectivity index (χ0n) is 14.9. The average Bonchev–Trinajstić information content (AvgIpc) is 3.01. The molecule has 2 atom stereocenters. The molecule has 2 heterocycles. The molecule has 2 aliphatic rings. The third kappa shape index (κ3) is 3.26. The molecule has 0 spiro atoms. The number of nitrogens with one attached hydrogen (secondary N) is 1. The first kappa shape index (κ1) is 18.5. The van der Waals surface area contributed by atoms with E-state index in [1.165, 1.54) is 23.0 Å². The zero-order valence-corrected chi connectivity index (χ0v) is 15.7. The van der Waals surface area contributed by atoms with E-state index in [0.29, 0.717) is 23.6 Å². The van der Waals surface area contributed by atoms with Crippen LogP contribution in [-0.4, -0.2) is 24.8 Å². The van der Waals surface area contributed by atoms with E-state index in [1.807, 2.05) is 0 Å². The van der Waals surface area contributed by atoms with Gasteiger partial charge in [-0.1, -0.05) is 12.8 Å². The quantitative estimate of drug-likeness (QED) is 0.787. The molecule has 146 valence electrons. The fourth-order valence-electron chi connectivity index (χ4n) is 4.53. The molecular formula is C18H21F3N3O2S+. The number of hydrogen-bond donors (Lipinski definition) is 1. The normalized spacial score (nSPS) is 23.0. The molecule has 4 rings (SSSR count). The third-order valence-corrected chi connectivity index (χ3v) is 6.86. The molecule has 2 aliphatic carbocycles. The molecule has 0 amide bonds. The number of sulfone groups is 1. The predicted octanol–water partition coefficient (Wildman–Crippen LogP) is 3.33. The van der Waals surface area contributed by atoms with Gasteiger partial charge in [0.1, 0.15) is 10.6 Å². The SMILES string of the molecule is CS(=O)(=O)c1ccc(-[n+]2[nH]c(C(F)(F)F)c3c2C2CCCCC2CC3)nc1. The molecule has 1 saturated carbocycles. The van der Waals surface area contributed by atoms with Crippen LogP contribution in [0.1, 0.15) is 55.0 Å². The Balaban J connectivity index is 1.87. The van der Waals surface area contributed by atoms with Gasteiger partial charge in [0.25, 0.3) is 0 Å². The Morgan fingerprint density at radius 1 is 1.19 bits per heavy atom. The second kappa shape index (κ2) is 6.32. The van der Waals surface area contributed by atoms with E-state index in [0.717, 1.165) is 38.4 Å². The number of aromatic amines is 1. The Bertz CT molecular complexity index is 965. The van der Waals surface area contributed by atoms with Crippen molar-refractivity contribution in [2.24, 2.45) is 5.92 Å². The summed E-state index contributed by atoms with van der Waals surface area (Å²) in [4.78, 5) is 4.18. The summed E-state index contributed by atoms with van der Waals surface area (Å²) in [6, 6.07) is 2.84. The van der Waals surface area contributed by atoms with Gasteiger partial charge in [-0.3, -0.25) is 0 Å². The minimum atomic E-state index is -4.47. The summed E-state index contributed by atoms with van der Waals surface area (Å²) < 4.78 is 65.5. The highest BCUT2D eigenvalue weighted by Crippen LogP contribution is 2.46. The van der Waals surface area contributed by atoms with Crippen LogP contribution < -0.4 is 4.68 Å². The van der Waals surface area contributed by atoms with Crippen molar-refractivity contribution < 1.29 is 26.3 Å². The summed E-state index contributed by atoms with van der Waals surface area (Å²) in [5.41, 5.74) is 0.285. The molecule has 0 saturated heterocycles. The van der Waals surface area contributed by atoms with Gasteiger partial charge in [-0.25, -0.2) is 13.5 Å². The van der Waals surface area contributed by atoms with Crippen LogP contribution in [0.25, 0.3) is 5.82 Å². The number of hydrogen-bond acceptors (Lipinski definition) is 3. The first-order valence-corrected chi connectivity index (χ1v) is 11.0. The molecule has 0 radical (unpaired) electrons. The Labute approximate surface area is 155 Å². The van der Waals surface area contributed by atoms with Crippen LogP contribution >= 0.6 is 0 Å². The number of rotatable bonds is 2. The van der Waals surface area contributed by atoms with Gasteiger partial charge in [-0.2, -0.15) is 13.2 Å². The Kier molecular flexibility index (Phi) is 4.32. The minimum absolute atomic E-state index is 0.0406. The molecule has 2 unspecified atom stereocenters. The van der Waals surface area contributed by atoms with Gasteiger partial charge in [-0.05, 0) is 42.7 Å². The second-order valence-electron chi connectivity index (χ2n) is 7.50. The Morgan fingerprint density at radius 3 is 2.56 bits per heavy atom. The summed E-state index contributed by atoms with van der Waals surface area (Å²) in [5, 5.41) is 2.52. The average molecular weight is 400 g/mol. The monoisotopic (exact) mass is 400 g/mol. The smallest absolute Gasteiger partial charge is 0.224 e. The molecule has 0 aromatic carbocycles. The molecule has 0 aliphatic heterocycles. The molecular weight excluding hydrogens is 379 g/mol. The lowest BCUT2D eigenvalue weighted by atomic mass is 9.70. The van der Waals surface area contributed by atoms with Crippen LogP contribution in [0.3, 0.4) is 0 Å². The van der Waals surface area contributed by atoms with E-state index >= 15 is 0 Å². The third-order valence-electron chi connectivity index (χ3n) is 5.76. The molecule has 1 N–H and O–H groups in total. The Hall–Kier alpha value is -1.90. The fraction of sp³-hybridized carbons (Fsp3) is 0.556. The fourth-order valence-corrected chi connectivity index (χ4v) is 5.09. The number of nitrogens with zero attached hydrogens (tertiary/aromatic N) is 2. The molecule has 0 bridgehead atoms. The lowest BCUT2D eigenvalue weighted by molar-refractivity contribution is -0.670.